The van der Waals surface area contributed by atoms with Crippen LogP contribution in [0.15, 0.2) is 72.5 Å². The second-order valence-corrected chi connectivity index (χ2v) is 6.25. The molecule has 0 aliphatic carbocycles. The Kier molecular flexibility index (Phi) is 4.81. The van der Waals surface area contributed by atoms with E-state index in [4.69, 9.17) is 14.2 Å². The van der Waals surface area contributed by atoms with Crippen molar-refractivity contribution >= 4 is 11.9 Å². The first kappa shape index (κ1) is 17.8. The van der Waals surface area contributed by atoms with Crippen LogP contribution < -0.4 is 14.2 Å². The fourth-order valence-corrected chi connectivity index (χ4v) is 2.99. The summed E-state index contributed by atoms with van der Waals surface area (Å²) in [6.07, 6.45) is 1.53. The molecule has 0 atom stereocenters. The van der Waals surface area contributed by atoms with Crippen LogP contribution in [0, 0.1) is 5.82 Å². The largest absolute Gasteiger partial charge is 0.496 e. The summed E-state index contributed by atoms with van der Waals surface area (Å²) in [7, 11) is 1.61. The molecule has 0 saturated carbocycles. The van der Waals surface area contributed by atoms with Crippen LogP contribution in [-0.2, 0) is 6.61 Å². The molecule has 3 aromatic carbocycles. The number of benzene rings is 3. The average molecular weight is 376 g/mol. The first-order valence-electron chi connectivity index (χ1n) is 8.72. The zero-order chi connectivity index (χ0) is 19.5. The molecule has 140 valence electrons. The van der Waals surface area contributed by atoms with E-state index in [-0.39, 0.29) is 17.4 Å². The van der Waals surface area contributed by atoms with Crippen LogP contribution in [0.2, 0.25) is 0 Å². The Morgan fingerprint density at radius 1 is 1.04 bits per heavy atom. The minimum atomic E-state index is -0.371. The van der Waals surface area contributed by atoms with Crippen LogP contribution in [0.5, 0.6) is 17.2 Å². The number of ketones is 1. The topological polar surface area (TPSA) is 44.8 Å². The summed E-state index contributed by atoms with van der Waals surface area (Å²) in [4.78, 5) is 12.5. The summed E-state index contributed by atoms with van der Waals surface area (Å²) in [5.74, 6) is 1.28. The molecule has 1 aliphatic rings. The minimum Gasteiger partial charge on any atom is -0.496 e. The van der Waals surface area contributed by atoms with Crippen LogP contribution >= 0.6 is 0 Å². The van der Waals surface area contributed by atoms with Gasteiger partial charge in [0.1, 0.15) is 29.7 Å². The van der Waals surface area contributed by atoms with E-state index in [1.165, 1.54) is 18.2 Å². The molecule has 1 heterocycles. The van der Waals surface area contributed by atoms with Gasteiger partial charge in [-0.2, -0.15) is 0 Å². The normalized spacial score (nSPS) is 13.9. The zero-order valence-electron chi connectivity index (χ0n) is 15.1. The summed E-state index contributed by atoms with van der Waals surface area (Å²) in [6, 6.07) is 18.6. The Hall–Kier alpha value is -3.60. The lowest BCUT2D eigenvalue weighted by Gasteiger charge is -2.10. The number of carbonyl (C=O) groups excluding carboxylic acids is 1. The van der Waals surface area contributed by atoms with Crippen LogP contribution in [0.3, 0.4) is 0 Å². The molecule has 0 fully saturated rings. The van der Waals surface area contributed by atoms with Crippen molar-refractivity contribution in [2.45, 2.75) is 6.61 Å². The number of rotatable bonds is 5. The van der Waals surface area contributed by atoms with E-state index in [9.17, 15) is 9.18 Å². The molecule has 0 amide bonds. The van der Waals surface area contributed by atoms with Crippen molar-refractivity contribution in [3.8, 4) is 17.2 Å². The Labute approximate surface area is 161 Å². The summed E-state index contributed by atoms with van der Waals surface area (Å²) >= 11 is 0. The second-order valence-electron chi connectivity index (χ2n) is 6.25. The maximum absolute atomic E-state index is 13.4. The molecular formula is C23H17FO4. The third-order valence-electron chi connectivity index (χ3n) is 4.37. The molecule has 0 aromatic heterocycles. The van der Waals surface area contributed by atoms with Gasteiger partial charge in [-0.1, -0.05) is 30.3 Å². The molecule has 1 aliphatic heterocycles. The molecule has 4 rings (SSSR count). The maximum Gasteiger partial charge on any atom is 0.231 e. The third-order valence-corrected chi connectivity index (χ3v) is 4.37. The summed E-state index contributed by atoms with van der Waals surface area (Å²) in [6.45, 7) is 0.322. The van der Waals surface area contributed by atoms with Crippen molar-refractivity contribution in [2.75, 3.05) is 7.11 Å². The van der Waals surface area contributed by atoms with Gasteiger partial charge in [-0.15, -0.1) is 0 Å². The van der Waals surface area contributed by atoms with Crippen LogP contribution in [0.25, 0.3) is 6.08 Å². The highest BCUT2D eigenvalue weighted by Gasteiger charge is 2.27. The van der Waals surface area contributed by atoms with Crippen molar-refractivity contribution in [2.24, 2.45) is 0 Å². The molecule has 0 saturated heterocycles. The van der Waals surface area contributed by atoms with E-state index in [0.717, 1.165) is 11.3 Å². The lowest BCUT2D eigenvalue weighted by molar-refractivity contribution is 0.101. The number of ether oxygens (including phenoxy) is 3. The van der Waals surface area contributed by atoms with Crippen molar-refractivity contribution in [3.05, 3.63) is 95.0 Å². The number of para-hydroxylation sites is 1. The van der Waals surface area contributed by atoms with Gasteiger partial charge in [0.15, 0.2) is 5.76 Å². The molecule has 0 spiro atoms. The van der Waals surface area contributed by atoms with E-state index in [0.29, 0.717) is 29.2 Å². The summed E-state index contributed by atoms with van der Waals surface area (Å²) < 4.78 is 30.2. The lowest BCUT2D eigenvalue weighted by atomic mass is 10.1. The monoisotopic (exact) mass is 376 g/mol. The van der Waals surface area contributed by atoms with Gasteiger partial charge >= 0.3 is 0 Å². The highest BCUT2D eigenvalue weighted by atomic mass is 19.1. The lowest BCUT2D eigenvalue weighted by Crippen LogP contribution is -1.99. The molecule has 4 nitrogen and oxygen atoms in total. The van der Waals surface area contributed by atoms with E-state index >= 15 is 0 Å². The standard InChI is InChI=1S/C23H17FO4/c1-26-20-8-3-2-6-16(20)14-27-18-9-10-19-21(13-18)28-22(23(19)25)12-15-5-4-7-17(24)11-15/h2-13H,14H2,1H3/b22-12-. The number of hydrogen-bond acceptors (Lipinski definition) is 4. The number of Topliss-reactive ketones (excluding diaryl/α,β-unsaturated/α-hetero) is 1. The van der Waals surface area contributed by atoms with Crippen LogP contribution in [-0.4, -0.2) is 12.9 Å². The molecule has 0 bridgehead atoms. The number of hydrogen-bond donors (Lipinski definition) is 0. The van der Waals surface area contributed by atoms with Crippen molar-refractivity contribution < 1.29 is 23.4 Å². The zero-order valence-corrected chi connectivity index (χ0v) is 15.1. The van der Waals surface area contributed by atoms with E-state index in [1.54, 1.807) is 37.4 Å². The number of allylic oxidation sites excluding steroid dienone is 1. The van der Waals surface area contributed by atoms with Crippen molar-refractivity contribution in [1.29, 1.82) is 0 Å². The van der Waals surface area contributed by atoms with Gasteiger partial charge in [0, 0.05) is 11.6 Å². The van der Waals surface area contributed by atoms with Gasteiger partial charge in [0.2, 0.25) is 5.78 Å². The summed E-state index contributed by atoms with van der Waals surface area (Å²) in [5, 5.41) is 0. The predicted molar refractivity (Wildman–Crippen MR) is 103 cm³/mol. The van der Waals surface area contributed by atoms with Gasteiger partial charge in [0.05, 0.1) is 12.7 Å². The summed E-state index contributed by atoms with van der Waals surface area (Å²) in [5.41, 5.74) is 1.92. The molecule has 0 radical (unpaired) electrons. The van der Waals surface area contributed by atoms with E-state index < -0.39 is 0 Å². The fraction of sp³-hybridized carbons (Fsp3) is 0.0870. The van der Waals surface area contributed by atoms with Gasteiger partial charge in [-0.25, -0.2) is 4.39 Å². The predicted octanol–water partition coefficient (Wildman–Crippen LogP) is 5.03. The Bertz CT molecular complexity index is 1070. The number of fused-ring (bicyclic) bond motifs is 1. The Morgan fingerprint density at radius 2 is 1.89 bits per heavy atom. The van der Waals surface area contributed by atoms with E-state index in [2.05, 4.69) is 0 Å². The number of methoxy groups -OCH3 is 1. The molecule has 3 aromatic rings. The Morgan fingerprint density at radius 3 is 2.71 bits per heavy atom. The quantitative estimate of drug-likeness (QED) is 0.586. The van der Waals surface area contributed by atoms with Gasteiger partial charge in [-0.05, 0) is 42.0 Å². The Balaban J connectivity index is 1.52. The van der Waals surface area contributed by atoms with E-state index in [1.807, 2.05) is 24.3 Å². The van der Waals surface area contributed by atoms with Crippen molar-refractivity contribution in [3.63, 3.8) is 0 Å². The molecular weight excluding hydrogens is 359 g/mol. The second kappa shape index (κ2) is 7.56. The minimum absolute atomic E-state index is 0.155. The van der Waals surface area contributed by atoms with Gasteiger partial charge < -0.3 is 14.2 Å². The molecule has 0 unspecified atom stereocenters. The fourth-order valence-electron chi connectivity index (χ4n) is 2.99. The van der Waals surface area contributed by atoms with Gasteiger partial charge in [0.25, 0.3) is 0 Å². The smallest absolute Gasteiger partial charge is 0.231 e. The first-order valence-corrected chi connectivity index (χ1v) is 8.72. The number of carbonyl (C=O) groups is 1. The highest BCUT2D eigenvalue weighted by molar-refractivity contribution is 6.14. The average Bonchev–Trinajstić information content (AvgIpc) is 3.01. The van der Waals surface area contributed by atoms with Crippen LogP contribution in [0.4, 0.5) is 4.39 Å². The molecule has 28 heavy (non-hydrogen) atoms. The number of halogens is 1. The van der Waals surface area contributed by atoms with Crippen LogP contribution in [0.1, 0.15) is 21.5 Å². The SMILES string of the molecule is COc1ccccc1COc1ccc2c(c1)O/C(=C\c1cccc(F)c1)C2=O. The van der Waals surface area contributed by atoms with Gasteiger partial charge in [-0.3, -0.25) is 4.79 Å². The molecule has 5 heteroatoms. The third kappa shape index (κ3) is 3.60. The first-order chi connectivity index (χ1) is 13.6. The highest BCUT2D eigenvalue weighted by Crippen LogP contribution is 2.35. The molecule has 0 N–H and O–H groups in total. The maximum atomic E-state index is 13.4. The van der Waals surface area contributed by atoms with Crippen molar-refractivity contribution in [1.82, 2.24) is 0 Å².